The van der Waals surface area contributed by atoms with Crippen molar-refractivity contribution in [3.8, 4) is 0 Å². The van der Waals surface area contributed by atoms with Gasteiger partial charge in [-0.05, 0) is 45.0 Å². The van der Waals surface area contributed by atoms with E-state index in [-0.39, 0.29) is 11.8 Å². The number of aromatic nitrogens is 3. The van der Waals surface area contributed by atoms with Gasteiger partial charge in [-0.15, -0.1) is 5.10 Å². The predicted molar refractivity (Wildman–Crippen MR) is 107 cm³/mol. The third kappa shape index (κ3) is 4.42. The molecule has 0 aliphatic carbocycles. The van der Waals surface area contributed by atoms with Crippen LogP contribution in [0.4, 0.5) is 0 Å². The van der Waals surface area contributed by atoms with Gasteiger partial charge in [-0.3, -0.25) is 14.4 Å². The first-order valence-electron chi connectivity index (χ1n) is 10.2. The summed E-state index contributed by atoms with van der Waals surface area (Å²) in [7, 11) is 4.07. The van der Waals surface area contributed by atoms with Crippen LogP contribution in [0, 0.1) is 11.8 Å². The zero-order valence-corrected chi connectivity index (χ0v) is 16.8. The smallest absolute Gasteiger partial charge is 0.224 e. The van der Waals surface area contributed by atoms with Crippen molar-refractivity contribution in [3.63, 3.8) is 0 Å². The second kappa shape index (κ2) is 8.41. The highest BCUT2D eigenvalue weighted by atomic mass is 16.1. The van der Waals surface area contributed by atoms with E-state index in [1.165, 1.54) is 0 Å². The average Bonchev–Trinajstić information content (AvgIpc) is 3.13. The van der Waals surface area contributed by atoms with Crippen LogP contribution in [-0.2, 0) is 24.4 Å². The highest BCUT2D eigenvalue weighted by Gasteiger charge is 2.43. The summed E-state index contributed by atoms with van der Waals surface area (Å²) in [6.07, 6.45) is 4.23. The first-order valence-corrected chi connectivity index (χ1v) is 10.2. The van der Waals surface area contributed by atoms with Gasteiger partial charge in [-0.1, -0.05) is 35.5 Å². The molecular weight excluding hydrogens is 352 g/mol. The van der Waals surface area contributed by atoms with Gasteiger partial charge in [0.1, 0.15) is 0 Å². The molecule has 150 valence electrons. The first-order chi connectivity index (χ1) is 13.6. The van der Waals surface area contributed by atoms with Crippen molar-refractivity contribution in [3.05, 3.63) is 47.8 Å². The zero-order chi connectivity index (χ0) is 19.5. The van der Waals surface area contributed by atoms with Crippen LogP contribution in [0.15, 0.2) is 36.5 Å². The fourth-order valence-corrected chi connectivity index (χ4v) is 4.58. The van der Waals surface area contributed by atoms with Crippen LogP contribution in [0.1, 0.15) is 24.1 Å². The van der Waals surface area contributed by atoms with Crippen molar-refractivity contribution in [2.75, 3.05) is 27.2 Å². The monoisotopic (exact) mass is 382 g/mol. The molecular formula is C21H30N6O. The van der Waals surface area contributed by atoms with Gasteiger partial charge in [-0.2, -0.15) is 0 Å². The summed E-state index contributed by atoms with van der Waals surface area (Å²) in [5, 5.41) is 11.7. The summed E-state index contributed by atoms with van der Waals surface area (Å²) in [5.41, 5.74) is 2.15. The Morgan fingerprint density at radius 3 is 2.82 bits per heavy atom. The normalized spacial score (nSPS) is 26.5. The fraction of sp³-hybridized carbons (Fsp3) is 0.571. The van der Waals surface area contributed by atoms with Gasteiger partial charge in [-0.25, -0.2) is 0 Å². The van der Waals surface area contributed by atoms with E-state index < -0.39 is 0 Å². The highest BCUT2D eigenvalue weighted by Crippen LogP contribution is 2.37. The molecule has 0 saturated carbocycles. The molecule has 3 aliphatic heterocycles. The molecule has 3 saturated heterocycles. The van der Waals surface area contributed by atoms with Crippen LogP contribution in [-0.4, -0.2) is 63.9 Å². The van der Waals surface area contributed by atoms with E-state index in [0.717, 1.165) is 50.3 Å². The van der Waals surface area contributed by atoms with Gasteiger partial charge >= 0.3 is 0 Å². The number of piperidine rings is 3. The molecule has 4 heterocycles. The van der Waals surface area contributed by atoms with E-state index in [4.69, 9.17) is 0 Å². The molecule has 0 radical (unpaired) electrons. The molecule has 5 rings (SSSR count). The number of benzene rings is 1. The molecule has 7 nitrogen and oxygen atoms in total. The van der Waals surface area contributed by atoms with E-state index >= 15 is 0 Å². The van der Waals surface area contributed by atoms with Crippen LogP contribution in [0.2, 0.25) is 0 Å². The Hall–Kier alpha value is -2.25. The van der Waals surface area contributed by atoms with Crippen molar-refractivity contribution in [2.45, 2.75) is 38.5 Å². The van der Waals surface area contributed by atoms with Gasteiger partial charge in [0.15, 0.2) is 0 Å². The highest BCUT2D eigenvalue weighted by molar-refractivity contribution is 5.79. The number of nitrogens with one attached hydrogen (secondary N) is 1. The van der Waals surface area contributed by atoms with Crippen molar-refractivity contribution in [2.24, 2.45) is 11.8 Å². The van der Waals surface area contributed by atoms with Crippen LogP contribution in [0.25, 0.3) is 0 Å². The van der Waals surface area contributed by atoms with Crippen molar-refractivity contribution < 1.29 is 4.79 Å². The summed E-state index contributed by atoms with van der Waals surface area (Å²) in [6, 6.07) is 10.6. The Morgan fingerprint density at radius 2 is 2.11 bits per heavy atom. The summed E-state index contributed by atoms with van der Waals surface area (Å²) in [5.74, 6) is 0.773. The number of hydrogen-bond donors (Lipinski definition) is 1. The summed E-state index contributed by atoms with van der Waals surface area (Å²) in [4.78, 5) is 17.3. The maximum absolute atomic E-state index is 12.8. The molecule has 2 bridgehead atoms. The maximum Gasteiger partial charge on any atom is 0.224 e. The number of hydrogen-bond acceptors (Lipinski definition) is 5. The summed E-state index contributed by atoms with van der Waals surface area (Å²) in [6.45, 7) is 4.21. The Balaban J connectivity index is 1.31. The summed E-state index contributed by atoms with van der Waals surface area (Å²) >= 11 is 0. The van der Waals surface area contributed by atoms with Crippen LogP contribution in [0.5, 0.6) is 0 Å². The molecule has 0 spiro atoms. The summed E-state index contributed by atoms with van der Waals surface area (Å²) < 4.78 is 1.97. The SMILES string of the molecule is CN(C)Cc1cn(C[C@H]2C[C@H]3CCN2C[C@@H]3C(=O)NCc2ccccc2)nn1. The van der Waals surface area contributed by atoms with Crippen molar-refractivity contribution >= 4 is 5.91 Å². The lowest BCUT2D eigenvalue weighted by Gasteiger charge is -2.49. The molecule has 1 N–H and O–H groups in total. The predicted octanol–water partition coefficient (Wildman–Crippen LogP) is 1.37. The van der Waals surface area contributed by atoms with Crippen LogP contribution < -0.4 is 5.32 Å². The minimum atomic E-state index is 0.105. The van der Waals surface area contributed by atoms with Gasteiger partial charge in [0.05, 0.1) is 18.2 Å². The lowest BCUT2D eigenvalue weighted by molar-refractivity contribution is -0.133. The zero-order valence-electron chi connectivity index (χ0n) is 16.8. The second-order valence-electron chi connectivity index (χ2n) is 8.41. The topological polar surface area (TPSA) is 66.3 Å². The molecule has 3 aliphatic rings. The van der Waals surface area contributed by atoms with Gasteiger partial charge in [0, 0.05) is 31.9 Å². The Kier molecular flexibility index (Phi) is 5.73. The van der Waals surface area contributed by atoms with E-state index in [1.807, 2.05) is 43.2 Å². The minimum absolute atomic E-state index is 0.105. The lowest BCUT2D eigenvalue weighted by atomic mass is 9.75. The van der Waals surface area contributed by atoms with Crippen molar-refractivity contribution in [1.29, 1.82) is 0 Å². The Labute approximate surface area is 166 Å². The van der Waals surface area contributed by atoms with Gasteiger partial charge in [0.2, 0.25) is 5.91 Å². The lowest BCUT2D eigenvalue weighted by Crippen LogP contribution is -2.58. The molecule has 7 heteroatoms. The number of carbonyl (C=O) groups is 1. The van der Waals surface area contributed by atoms with E-state index in [0.29, 0.717) is 18.5 Å². The molecule has 1 aromatic carbocycles. The number of nitrogens with zero attached hydrogens (tertiary/aromatic N) is 5. The molecule has 28 heavy (non-hydrogen) atoms. The number of rotatable bonds is 7. The van der Waals surface area contributed by atoms with Gasteiger partial charge < -0.3 is 10.2 Å². The molecule has 1 unspecified atom stereocenters. The molecule has 4 atom stereocenters. The second-order valence-corrected chi connectivity index (χ2v) is 8.41. The van der Waals surface area contributed by atoms with Gasteiger partial charge in [0.25, 0.3) is 0 Å². The first kappa shape index (κ1) is 19.1. The van der Waals surface area contributed by atoms with E-state index in [9.17, 15) is 4.79 Å². The van der Waals surface area contributed by atoms with E-state index in [2.05, 4.69) is 37.6 Å². The molecule has 2 aromatic rings. The molecule has 1 amide bonds. The third-order valence-electron chi connectivity index (χ3n) is 5.99. The average molecular weight is 383 g/mol. The third-order valence-corrected chi connectivity index (χ3v) is 5.99. The maximum atomic E-state index is 12.8. The number of fused-ring (bicyclic) bond motifs is 3. The largest absolute Gasteiger partial charge is 0.352 e. The Bertz CT molecular complexity index is 789. The minimum Gasteiger partial charge on any atom is -0.352 e. The van der Waals surface area contributed by atoms with Crippen molar-refractivity contribution in [1.82, 2.24) is 30.1 Å². The van der Waals surface area contributed by atoms with Crippen LogP contribution >= 0.6 is 0 Å². The number of carbonyl (C=O) groups excluding carboxylic acids is 1. The van der Waals surface area contributed by atoms with E-state index in [1.54, 1.807) is 0 Å². The van der Waals surface area contributed by atoms with Crippen LogP contribution in [0.3, 0.4) is 0 Å². The standard InChI is InChI=1S/C21H30N6O/c1-25(2)12-18-13-27(24-23-18)14-19-10-17-8-9-26(19)15-20(17)21(28)22-11-16-6-4-3-5-7-16/h3-7,13,17,19-20H,8-12,14-15H2,1-2H3,(H,22,28)/t17-,19-,20+/m1/s1. The molecule has 1 aromatic heterocycles. The Morgan fingerprint density at radius 1 is 1.29 bits per heavy atom. The quantitative estimate of drug-likeness (QED) is 0.783. The molecule has 3 fully saturated rings. The fourth-order valence-electron chi connectivity index (χ4n) is 4.58. The number of amides is 1.